The van der Waals surface area contributed by atoms with Crippen LogP contribution in [0.3, 0.4) is 0 Å². The zero-order valence-corrected chi connectivity index (χ0v) is 11.0. The van der Waals surface area contributed by atoms with Gasteiger partial charge in [-0.25, -0.2) is 9.24 Å². The monoisotopic (exact) mass is 292 g/mol. The van der Waals surface area contributed by atoms with E-state index >= 15 is 0 Å². The van der Waals surface area contributed by atoms with Crippen LogP contribution in [0, 0.1) is 0 Å². The lowest BCUT2D eigenvalue weighted by Crippen LogP contribution is -2.34. The second-order valence-corrected chi connectivity index (χ2v) is 5.52. The number of aliphatic hydroxyl groups excluding tert-OH is 1. The molecule has 0 aromatic rings. The minimum Gasteiger partial charge on any atom is -0.396 e. The van der Waals surface area contributed by atoms with E-state index in [4.69, 9.17) is 28.3 Å². The van der Waals surface area contributed by atoms with Gasteiger partial charge < -0.3 is 10.00 Å². The molecule has 0 aliphatic carbocycles. The number of nitrogens with one attached hydrogen (secondary N) is 1. The maximum Gasteiger partial charge on any atom is 0.368 e. The molecule has 96 valence electrons. The number of hydrogen-bond donors (Lipinski definition) is 3. The molecular weight excluding hydrogens is 278 g/mol. The lowest BCUT2D eigenvalue weighted by atomic mass is 10.4. The fraction of sp³-hybridized carbons (Fsp3) is 0.857. The van der Waals surface area contributed by atoms with E-state index in [2.05, 4.69) is 0 Å². The lowest BCUT2D eigenvalue weighted by Gasteiger charge is -2.25. The minimum absolute atomic E-state index is 0.140. The maximum atomic E-state index is 11.7. The third-order valence-corrected chi connectivity index (χ3v) is 3.72. The van der Waals surface area contributed by atoms with Crippen LogP contribution in [-0.4, -0.2) is 52.0 Å². The standard InChI is InChI=1S/C7H15Cl2N2O4P/c8-2-4-11(5-3-9)16(14,15)10-7(13)1-6-12/h12H,1-6H2,(H2,10,13,14,15). The normalized spacial score (nSPS) is 14.8. The van der Waals surface area contributed by atoms with Crippen LogP contribution < -0.4 is 5.09 Å². The average molecular weight is 293 g/mol. The van der Waals surface area contributed by atoms with Gasteiger partial charge in [0.2, 0.25) is 5.91 Å². The van der Waals surface area contributed by atoms with Gasteiger partial charge in [0.05, 0.1) is 13.0 Å². The molecule has 0 aliphatic rings. The summed E-state index contributed by atoms with van der Waals surface area (Å²) >= 11 is 10.9. The third-order valence-electron chi connectivity index (χ3n) is 1.68. The number of amides is 1. The first kappa shape index (κ1) is 16.2. The molecule has 0 aromatic carbocycles. The second-order valence-electron chi connectivity index (χ2n) is 2.88. The van der Waals surface area contributed by atoms with Crippen molar-refractivity contribution in [1.82, 2.24) is 9.76 Å². The fourth-order valence-electron chi connectivity index (χ4n) is 0.969. The van der Waals surface area contributed by atoms with Crippen LogP contribution in [0.4, 0.5) is 0 Å². The molecule has 0 saturated carbocycles. The van der Waals surface area contributed by atoms with E-state index in [-0.39, 0.29) is 37.9 Å². The van der Waals surface area contributed by atoms with Gasteiger partial charge in [-0.15, -0.1) is 23.2 Å². The van der Waals surface area contributed by atoms with Crippen molar-refractivity contribution in [2.75, 3.05) is 31.5 Å². The molecule has 0 rings (SSSR count). The van der Waals surface area contributed by atoms with E-state index in [0.29, 0.717) is 0 Å². The predicted molar refractivity (Wildman–Crippen MR) is 62.7 cm³/mol. The molecule has 0 saturated heterocycles. The Morgan fingerprint density at radius 1 is 1.31 bits per heavy atom. The molecule has 0 aliphatic heterocycles. The SMILES string of the molecule is O=C(CCO)NP(=O)(O)N(CCCl)CCCl. The number of nitrogens with zero attached hydrogens (tertiary/aromatic N) is 1. The van der Waals surface area contributed by atoms with Crippen molar-refractivity contribution < 1.29 is 19.4 Å². The van der Waals surface area contributed by atoms with Crippen molar-refractivity contribution in [2.24, 2.45) is 0 Å². The summed E-state index contributed by atoms with van der Waals surface area (Å²) in [6, 6.07) is 0. The molecule has 0 fully saturated rings. The predicted octanol–water partition coefficient (Wildman–Crippen LogP) is 0.365. The van der Waals surface area contributed by atoms with Crippen LogP contribution in [0.1, 0.15) is 6.42 Å². The van der Waals surface area contributed by atoms with E-state index in [1.165, 1.54) is 0 Å². The number of hydrogen-bond acceptors (Lipinski definition) is 3. The van der Waals surface area contributed by atoms with Crippen molar-refractivity contribution in [3.8, 4) is 0 Å². The van der Waals surface area contributed by atoms with Gasteiger partial charge in [-0.3, -0.25) is 9.88 Å². The number of halogens is 2. The summed E-state index contributed by atoms with van der Waals surface area (Å²) in [6.45, 7) is -0.0975. The number of carbonyl (C=O) groups is 1. The molecule has 3 N–H and O–H groups in total. The number of carbonyl (C=O) groups excluding carboxylic acids is 1. The van der Waals surface area contributed by atoms with E-state index in [1.807, 2.05) is 5.09 Å². The number of alkyl halides is 2. The van der Waals surface area contributed by atoms with Gasteiger partial charge in [0.1, 0.15) is 0 Å². The Balaban J connectivity index is 4.45. The molecule has 1 amide bonds. The highest BCUT2D eigenvalue weighted by Crippen LogP contribution is 2.40. The van der Waals surface area contributed by atoms with Crippen LogP contribution in [-0.2, 0) is 9.36 Å². The summed E-state index contributed by atoms with van der Waals surface area (Å²) < 4.78 is 12.8. The van der Waals surface area contributed by atoms with Gasteiger partial charge in [0.25, 0.3) is 0 Å². The van der Waals surface area contributed by atoms with Crippen LogP contribution in [0.15, 0.2) is 0 Å². The highest BCUT2D eigenvalue weighted by molar-refractivity contribution is 7.54. The van der Waals surface area contributed by atoms with E-state index in [9.17, 15) is 14.3 Å². The quantitative estimate of drug-likeness (QED) is 0.444. The Morgan fingerprint density at radius 2 is 1.81 bits per heavy atom. The van der Waals surface area contributed by atoms with E-state index in [1.54, 1.807) is 0 Å². The van der Waals surface area contributed by atoms with E-state index in [0.717, 1.165) is 4.67 Å². The zero-order valence-electron chi connectivity index (χ0n) is 8.60. The van der Waals surface area contributed by atoms with Crippen LogP contribution in [0.25, 0.3) is 0 Å². The molecule has 9 heteroatoms. The molecule has 6 nitrogen and oxygen atoms in total. The van der Waals surface area contributed by atoms with E-state index < -0.39 is 13.6 Å². The van der Waals surface area contributed by atoms with Gasteiger partial charge in [-0.05, 0) is 0 Å². The van der Waals surface area contributed by atoms with Crippen LogP contribution in [0.5, 0.6) is 0 Å². The maximum absolute atomic E-state index is 11.7. The number of rotatable bonds is 8. The molecule has 0 heterocycles. The average Bonchev–Trinajstić information content (AvgIpc) is 2.17. The molecule has 1 atom stereocenters. The molecular formula is C7H15Cl2N2O4P. The summed E-state index contributed by atoms with van der Waals surface area (Å²) in [5.74, 6) is -0.392. The fourth-order valence-corrected chi connectivity index (χ4v) is 2.93. The molecule has 1 unspecified atom stereocenters. The topological polar surface area (TPSA) is 89.9 Å². The van der Waals surface area contributed by atoms with Gasteiger partial charge in [-0.1, -0.05) is 0 Å². The van der Waals surface area contributed by atoms with Crippen LogP contribution in [0.2, 0.25) is 0 Å². The van der Waals surface area contributed by atoms with Gasteiger partial charge in [0, 0.05) is 24.8 Å². The van der Waals surface area contributed by atoms with Crippen molar-refractivity contribution in [3.05, 3.63) is 0 Å². The summed E-state index contributed by atoms with van der Waals surface area (Å²) in [5.41, 5.74) is 0. The van der Waals surface area contributed by atoms with Gasteiger partial charge >= 0.3 is 7.67 Å². The van der Waals surface area contributed by atoms with Crippen molar-refractivity contribution >= 4 is 36.8 Å². The Labute approximate surface area is 104 Å². The third kappa shape index (κ3) is 6.03. The first-order chi connectivity index (χ1) is 7.47. The summed E-state index contributed by atoms with van der Waals surface area (Å²) in [4.78, 5) is 20.7. The zero-order chi connectivity index (χ0) is 12.6. The summed E-state index contributed by atoms with van der Waals surface area (Å²) in [7, 11) is -3.97. The Morgan fingerprint density at radius 3 is 2.19 bits per heavy atom. The van der Waals surface area contributed by atoms with Crippen molar-refractivity contribution in [1.29, 1.82) is 0 Å². The molecule has 0 radical (unpaired) electrons. The second kappa shape index (κ2) is 8.28. The Bertz CT molecular complexity index is 261. The first-order valence-electron chi connectivity index (χ1n) is 4.60. The Hall–Kier alpha value is 0.160. The van der Waals surface area contributed by atoms with Gasteiger partial charge in [0.15, 0.2) is 0 Å². The van der Waals surface area contributed by atoms with Crippen LogP contribution >= 0.6 is 30.9 Å². The number of aliphatic hydroxyl groups is 1. The highest BCUT2D eigenvalue weighted by Gasteiger charge is 2.29. The Kier molecular flexibility index (Phi) is 8.36. The first-order valence-corrected chi connectivity index (χ1v) is 7.28. The largest absolute Gasteiger partial charge is 0.396 e. The molecule has 16 heavy (non-hydrogen) atoms. The lowest BCUT2D eigenvalue weighted by molar-refractivity contribution is -0.120. The van der Waals surface area contributed by atoms with Gasteiger partial charge in [-0.2, -0.15) is 0 Å². The molecule has 0 bridgehead atoms. The molecule has 0 aromatic heterocycles. The minimum atomic E-state index is -3.97. The summed E-state index contributed by atoms with van der Waals surface area (Å²) in [6.07, 6.45) is -0.222. The summed E-state index contributed by atoms with van der Waals surface area (Å²) in [5, 5.41) is 10.4. The molecule has 0 spiro atoms. The highest BCUT2D eigenvalue weighted by atomic mass is 35.5. The van der Waals surface area contributed by atoms with Crippen molar-refractivity contribution in [3.63, 3.8) is 0 Å². The van der Waals surface area contributed by atoms with Crippen molar-refractivity contribution in [2.45, 2.75) is 6.42 Å². The smallest absolute Gasteiger partial charge is 0.368 e.